The summed E-state index contributed by atoms with van der Waals surface area (Å²) in [5.74, 6) is -2.04. The number of ether oxygens (including phenoxy) is 1. The van der Waals surface area contributed by atoms with Crippen molar-refractivity contribution in [2.45, 2.75) is 18.3 Å². The minimum atomic E-state index is -0.848. The number of halogens is 2. The second kappa shape index (κ2) is 6.64. The number of rotatable bonds is 3. The van der Waals surface area contributed by atoms with Crippen molar-refractivity contribution in [3.8, 4) is 5.75 Å². The lowest BCUT2D eigenvalue weighted by Crippen LogP contribution is -2.49. The van der Waals surface area contributed by atoms with E-state index in [2.05, 4.69) is 5.32 Å². The summed E-state index contributed by atoms with van der Waals surface area (Å²) in [5, 5.41) is 2.92. The largest absolute Gasteiger partial charge is 0.481 e. The third-order valence-electron chi connectivity index (χ3n) is 5.34. The monoisotopic (exact) mass is 372 g/mol. The van der Waals surface area contributed by atoms with Crippen LogP contribution in [-0.2, 0) is 15.0 Å². The number of hydrogen-bond donors (Lipinski definition) is 1. The molecule has 0 aromatic heterocycles. The van der Waals surface area contributed by atoms with Crippen molar-refractivity contribution in [3.05, 3.63) is 59.7 Å². The van der Waals surface area contributed by atoms with Crippen molar-refractivity contribution in [1.29, 1.82) is 0 Å². The molecule has 0 unspecified atom stereocenters. The lowest BCUT2D eigenvalue weighted by atomic mass is 9.73. The lowest BCUT2D eigenvalue weighted by molar-refractivity contribution is -0.137. The maximum Gasteiger partial charge on any atom is 0.260 e. The highest BCUT2D eigenvalue weighted by Gasteiger charge is 2.48. The number of carbonyl (C=O) groups excluding carboxylic acids is 2. The Bertz CT molecular complexity index is 908. The van der Waals surface area contributed by atoms with Crippen LogP contribution in [0.15, 0.2) is 42.5 Å². The molecule has 2 aliphatic heterocycles. The van der Waals surface area contributed by atoms with Gasteiger partial charge in [-0.2, -0.15) is 0 Å². The minimum absolute atomic E-state index is 0.0274. The van der Waals surface area contributed by atoms with E-state index in [0.29, 0.717) is 32.0 Å². The molecule has 0 aliphatic carbocycles. The van der Waals surface area contributed by atoms with Gasteiger partial charge < -0.3 is 15.0 Å². The quantitative estimate of drug-likeness (QED) is 0.901. The van der Waals surface area contributed by atoms with E-state index in [1.807, 2.05) is 24.3 Å². The molecular weight excluding hydrogens is 354 g/mol. The smallest absolute Gasteiger partial charge is 0.260 e. The fraction of sp³-hybridized carbons (Fsp3) is 0.300. The van der Waals surface area contributed by atoms with Crippen molar-refractivity contribution in [1.82, 2.24) is 4.90 Å². The van der Waals surface area contributed by atoms with Crippen molar-refractivity contribution >= 4 is 17.5 Å². The summed E-state index contributed by atoms with van der Waals surface area (Å²) in [6.07, 6.45) is 1.04. The van der Waals surface area contributed by atoms with Crippen molar-refractivity contribution in [2.75, 3.05) is 25.0 Å². The summed E-state index contributed by atoms with van der Waals surface area (Å²) in [6, 6.07) is 10.6. The Labute approximate surface area is 154 Å². The summed E-state index contributed by atoms with van der Waals surface area (Å²) in [6.45, 7) is 0.490. The predicted molar refractivity (Wildman–Crippen MR) is 94.4 cm³/mol. The van der Waals surface area contributed by atoms with E-state index < -0.39 is 17.0 Å². The third-order valence-corrected chi connectivity index (χ3v) is 5.34. The zero-order valence-electron chi connectivity index (χ0n) is 14.5. The van der Waals surface area contributed by atoms with E-state index in [-0.39, 0.29) is 24.2 Å². The van der Waals surface area contributed by atoms with E-state index in [0.717, 1.165) is 23.4 Å². The molecule has 0 atom stereocenters. The summed E-state index contributed by atoms with van der Waals surface area (Å²) in [7, 11) is 0. The molecule has 1 spiro atoms. The van der Waals surface area contributed by atoms with Gasteiger partial charge >= 0.3 is 0 Å². The van der Waals surface area contributed by atoms with Gasteiger partial charge in [-0.25, -0.2) is 8.78 Å². The van der Waals surface area contributed by atoms with Gasteiger partial charge in [-0.3, -0.25) is 9.59 Å². The summed E-state index contributed by atoms with van der Waals surface area (Å²) >= 11 is 0. The topological polar surface area (TPSA) is 58.6 Å². The van der Waals surface area contributed by atoms with Crippen LogP contribution in [0.1, 0.15) is 18.4 Å². The van der Waals surface area contributed by atoms with Crippen molar-refractivity contribution in [3.63, 3.8) is 0 Å². The molecule has 5 nitrogen and oxygen atoms in total. The molecular formula is C20H18F2N2O3. The number of anilines is 1. The number of fused-ring (bicyclic) bond motifs is 2. The Hall–Kier alpha value is -2.96. The number of nitrogens with zero attached hydrogens (tertiary/aromatic N) is 1. The van der Waals surface area contributed by atoms with E-state index in [9.17, 15) is 18.4 Å². The molecule has 0 saturated carbocycles. The van der Waals surface area contributed by atoms with Gasteiger partial charge in [0.2, 0.25) is 5.91 Å². The van der Waals surface area contributed by atoms with Crippen LogP contribution in [0.25, 0.3) is 0 Å². The molecule has 2 aliphatic rings. The van der Waals surface area contributed by atoms with E-state index in [1.54, 1.807) is 4.90 Å². The Kier molecular flexibility index (Phi) is 4.30. The average Bonchev–Trinajstić information content (AvgIpc) is 2.93. The Balaban J connectivity index is 1.39. The third kappa shape index (κ3) is 3.03. The van der Waals surface area contributed by atoms with Gasteiger partial charge in [-0.05, 0) is 36.6 Å². The van der Waals surface area contributed by atoms with Crippen LogP contribution in [0, 0.1) is 11.6 Å². The van der Waals surface area contributed by atoms with Gasteiger partial charge in [0, 0.05) is 24.8 Å². The molecule has 7 heteroatoms. The first kappa shape index (κ1) is 17.5. The molecule has 140 valence electrons. The number of piperidine rings is 1. The highest BCUT2D eigenvalue weighted by atomic mass is 19.1. The number of carbonyl (C=O) groups is 2. The van der Waals surface area contributed by atoms with Crippen LogP contribution >= 0.6 is 0 Å². The number of amides is 2. The molecule has 0 bridgehead atoms. The molecule has 1 saturated heterocycles. The number of nitrogens with one attached hydrogen (secondary N) is 1. The fourth-order valence-corrected chi connectivity index (χ4v) is 3.83. The highest BCUT2D eigenvalue weighted by molar-refractivity contribution is 6.06. The maximum atomic E-state index is 13.6. The van der Waals surface area contributed by atoms with Crippen LogP contribution in [0.3, 0.4) is 0 Å². The van der Waals surface area contributed by atoms with Gasteiger partial charge in [0.05, 0.1) is 5.41 Å². The SMILES string of the molecule is O=C(COc1ccc(F)cc1F)N1CCC2(CC1)C(=O)Nc1ccccc12. The second-order valence-electron chi connectivity index (χ2n) is 6.83. The molecule has 27 heavy (non-hydrogen) atoms. The van der Waals surface area contributed by atoms with Crippen molar-refractivity contribution < 1.29 is 23.1 Å². The number of likely N-dealkylation sites (tertiary alicyclic amines) is 1. The first-order valence-corrected chi connectivity index (χ1v) is 8.76. The normalized spacial score (nSPS) is 17.6. The average molecular weight is 372 g/mol. The maximum absolute atomic E-state index is 13.6. The zero-order valence-corrected chi connectivity index (χ0v) is 14.5. The first-order chi connectivity index (χ1) is 13.0. The molecule has 2 amide bonds. The first-order valence-electron chi connectivity index (χ1n) is 8.76. The molecule has 4 rings (SSSR count). The van der Waals surface area contributed by atoms with Crippen LogP contribution < -0.4 is 10.1 Å². The van der Waals surface area contributed by atoms with Crippen LogP contribution in [0.2, 0.25) is 0 Å². The number of para-hydroxylation sites is 1. The fourth-order valence-electron chi connectivity index (χ4n) is 3.83. The Morgan fingerprint density at radius 1 is 1.15 bits per heavy atom. The van der Waals surface area contributed by atoms with E-state index in [1.165, 1.54) is 0 Å². The van der Waals surface area contributed by atoms with Gasteiger partial charge in [0.1, 0.15) is 5.82 Å². The molecule has 2 aromatic rings. The number of benzene rings is 2. The standard InChI is InChI=1S/C20H18F2N2O3/c21-13-5-6-17(15(22)11-13)27-12-18(25)24-9-7-20(8-10-24)14-3-1-2-4-16(14)23-19(20)26/h1-6,11H,7-10,12H2,(H,23,26). The minimum Gasteiger partial charge on any atom is -0.481 e. The van der Waals surface area contributed by atoms with E-state index in [4.69, 9.17) is 4.74 Å². The lowest BCUT2D eigenvalue weighted by Gasteiger charge is -2.37. The zero-order chi connectivity index (χ0) is 19.0. The molecule has 1 fully saturated rings. The summed E-state index contributed by atoms with van der Waals surface area (Å²) < 4.78 is 31.7. The van der Waals surface area contributed by atoms with Crippen LogP contribution in [-0.4, -0.2) is 36.4 Å². The summed E-state index contributed by atoms with van der Waals surface area (Å²) in [4.78, 5) is 26.5. The van der Waals surface area contributed by atoms with E-state index >= 15 is 0 Å². The second-order valence-corrected chi connectivity index (χ2v) is 6.83. The van der Waals surface area contributed by atoms with Crippen LogP contribution in [0.4, 0.5) is 14.5 Å². The van der Waals surface area contributed by atoms with Gasteiger partial charge in [0.15, 0.2) is 18.2 Å². The molecule has 0 radical (unpaired) electrons. The van der Waals surface area contributed by atoms with Gasteiger partial charge in [-0.15, -0.1) is 0 Å². The van der Waals surface area contributed by atoms with Crippen LogP contribution in [0.5, 0.6) is 5.75 Å². The Morgan fingerprint density at radius 2 is 1.89 bits per heavy atom. The van der Waals surface area contributed by atoms with Crippen molar-refractivity contribution in [2.24, 2.45) is 0 Å². The predicted octanol–water partition coefficient (Wildman–Crippen LogP) is 2.86. The van der Waals surface area contributed by atoms with Gasteiger partial charge in [-0.1, -0.05) is 18.2 Å². The van der Waals surface area contributed by atoms with Gasteiger partial charge in [0.25, 0.3) is 5.91 Å². The highest BCUT2D eigenvalue weighted by Crippen LogP contribution is 2.44. The number of hydrogen-bond acceptors (Lipinski definition) is 3. The molecule has 2 heterocycles. The molecule has 1 N–H and O–H groups in total. The Morgan fingerprint density at radius 3 is 2.63 bits per heavy atom. The summed E-state index contributed by atoms with van der Waals surface area (Å²) in [5.41, 5.74) is 1.21. The molecule has 2 aromatic carbocycles.